The molecule has 2 heteroatoms. The monoisotopic (exact) mass is 232 g/mol. The molecule has 2 nitrogen and oxygen atoms in total. The van der Waals surface area contributed by atoms with Gasteiger partial charge in [-0.3, -0.25) is 0 Å². The van der Waals surface area contributed by atoms with Crippen molar-refractivity contribution >= 4 is 0 Å². The Morgan fingerprint density at radius 2 is 1.65 bits per heavy atom. The quantitative estimate of drug-likeness (QED) is 0.792. The number of rotatable bonds is 3. The third kappa shape index (κ3) is 3.05. The van der Waals surface area contributed by atoms with Crippen LogP contribution in [0.2, 0.25) is 0 Å². The smallest absolute Gasteiger partial charge is 0.125 e. The lowest BCUT2D eigenvalue weighted by molar-refractivity contribution is 0.353. The molecular weight excluding hydrogens is 208 g/mol. The van der Waals surface area contributed by atoms with Crippen molar-refractivity contribution in [2.45, 2.75) is 65.7 Å². The first-order valence-electron chi connectivity index (χ1n) is 7.03. The number of nitrogens with zero attached hydrogens (tertiary/aromatic N) is 2. The minimum absolute atomic E-state index is 0.862. The highest BCUT2D eigenvalue weighted by atomic mass is 14.9. The third-order valence-electron chi connectivity index (χ3n) is 4.00. The molecular formula is C15H24N2. The van der Waals surface area contributed by atoms with Crippen LogP contribution in [0.3, 0.4) is 0 Å². The van der Waals surface area contributed by atoms with Crippen LogP contribution in [0.4, 0.5) is 0 Å². The van der Waals surface area contributed by atoms with Crippen molar-refractivity contribution in [3.63, 3.8) is 0 Å². The molecule has 17 heavy (non-hydrogen) atoms. The van der Waals surface area contributed by atoms with E-state index in [1.54, 1.807) is 0 Å². The van der Waals surface area contributed by atoms with E-state index in [1.165, 1.54) is 55.5 Å². The van der Waals surface area contributed by atoms with Crippen molar-refractivity contribution in [3.05, 3.63) is 22.8 Å². The third-order valence-corrected chi connectivity index (χ3v) is 4.00. The van der Waals surface area contributed by atoms with Gasteiger partial charge in [-0.1, -0.05) is 39.0 Å². The van der Waals surface area contributed by atoms with E-state index in [0.717, 1.165) is 18.2 Å². The van der Waals surface area contributed by atoms with Gasteiger partial charge in [-0.15, -0.1) is 0 Å². The highest BCUT2D eigenvalue weighted by Gasteiger charge is 2.17. The molecule has 0 amide bonds. The number of aryl methyl sites for hydroxylation is 2. The first kappa shape index (κ1) is 12.5. The zero-order valence-electron chi connectivity index (χ0n) is 11.4. The molecule has 0 unspecified atom stereocenters. The van der Waals surface area contributed by atoms with E-state index < -0.39 is 0 Å². The molecule has 94 valence electrons. The van der Waals surface area contributed by atoms with Crippen molar-refractivity contribution in [1.82, 2.24) is 9.97 Å². The second-order valence-electron chi connectivity index (χ2n) is 5.35. The molecule has 0 aromatic carbocycles. The van der Waals surface area contributed by atoms with Gasteiger partial charge in [0.25, 0.3) is 0 Å². The van der Waals surface area contributed by atoms with Gasteiger partial charge in [-0.2, -0.15) is 0 Å². The highest BCUT2D eigenvalue weighted by Crippen LogP contribution is 2.27. The summed E-state index contributed by atoms with van der Waals surface area (Å²) < 4.78 is 0. The second-order valence-corrected chi connectivity index (χ2v) is 5.35. The number of aromatic nitrogens is 2. The molecule has 2 rings (SSSR count). The largest absolute Gasteiger partial charge is 0.238 e. The fourth-order valence-corrected chi connectivity index (χ4v) is 2.96. The van der Waals surface area contributed by atoms with Crippen molar-refractivity contribution in [2.24, 2.45) is 5.92 Å². The molecule has 1 aliphatic carbocycles. The zero-order valence-corrected chi connectivity index (χ0v) is 11.4. The maximum absolute atomic E-state index is 4.66. The van der Waals surface area contributed by atoms with E-state index in [0.29, 0.717) is 0 Å². The standard InChI is InChI=1S/C15H24N2/c1-4-14-11(2)15(17-12(3)16-14)10-13-8-6-5-7-9-13/h13H,4-10H2,1-3H3. The Bertz CT molecular complexity index is 379. The first-order valence-corrected chi connectivity index (χ1v) is 7.03. The molecule has 0 spiro atoms. The van der Waals surface area contributed by atoms with Gasteiger partial charge in [0.2, 0.25) is 0 Å². The van der Waals surface area contributed by atoms with E-state index in [1.807, 2.05) is 6.92 Å². The maximum atomic E-state index is 4.66. The number of hydrogen-bond acceptors (Lipinski definition) is 2. The van der Waals surface area contributed by atoms with E-state index in [9.17, 15) is 0 Å². The lowest BCUT2D eigenvalue weighted by Crippen LogP contribution is -2.13. The SMILES string of the molecule is CCc1nc(C)nc(CC2CCCCC2)c1C. The molecule has 0 atom stereocenters. The molecule has 1 aromatic heterocycles. The lowest BCUT2D eigenvalue weighted by atomic mass is 9.85. The average Bonchev–Trinajstić information content (AvgIpc) is 2.34. The molecule has 0 radical (unpaired) electrons. The lowest BCUT2D eigenvalue weighted by Gasteiger charge is -2.22. The molecule has 0 N–H and O–H groups in total. The summed E-state index contributed by atoms with van der Waals surface area (Å²) in [6.07, 6.45) is 9.23. The van der Waals surface area contributed by atoms with Gasteiger partial charge in [0.1, 0.15) is 5.82 Å². The van der Waals surface area contributed by atoms with Crippen LogP contribution in [0.5, 0.6) is 0 Å². The summed E-state index contributed by atoms with van der Waals surface area (Å²) in [6, 6.07) is 0. The van der Waals surface area contributed by atoms with Gasteiger partial charge in [0.15, 0.2) is 0 Å². The van der Waals surface area contributed by atoms with Gasteiger partial charge < -0.3 is 0 Å². The van der Waals surface area contributed by atoms with Crippen LogP contribution in [0.1, 0.15) is 61.8 Å². The summed E-state index contributed by atoms with van der Waals surface area (Å²) in [5.74, 6) is 1.81. The minimum Gasteiger partial charge on any atom is -0.238 e. The van der Waals surface area contributed by atoms with Gasteiger partial charge in [0.05, 0.1) is 0 Å². The summed E-state index contributed by atoms with van der Waals surface area (Å²) in [7, 11) is 0. The molecule has 1 heterocycles. The van der Waals surface area contributed by atoms with Crippen LogP contribution in [-0.4, -0.2) is 9.97 Å². The average molecular weight is 232 g/mol. The number of hydrogen-bond donors (Lipinski definition) is 0. The first-order chi connectivity index (χ1) is 8.20. The molecule has 0 saturated heterocycles. The van der Waals surface area contributed by atoms with Gasteiger partial charge in [-0.25, -0.2) is 9.97 Å². The Kier molecular flexibility index (Phi) is 4.14. The Balaban J connectivity index is 2.16. The predicted octanol–water partition coefficient (Wildman–Crippen LogP) is 3.78. The molecule has 1 saturated carbocycles. The van der Waals surface area contributed by atoms with Gasteiger partial charge in [-0.05, 0) is 38.2 Å². The molecule has 0 aliphatic heterocycles. The summed E-state index contributed by atoms with van der Waals surface area (Å²) in [4.78, 5) is 9.20. The van der Waals surface area contributed by atoms with E-state index in [2.05, 4.69) is 23.8 Å². The summed E-state index contributed by atoms with van der Waals surface area (Å²) >= 11 is 0. The predicted molar refractivity (Wildman–Crippen MR) is 71.2 cm³/mol. The minimum atomic E-state index is 0.862. The topological polar surface area (TPSA) is 25.8 Å². The molecule has 1 aliphatic rings. The summed E-state index contributed by atoms with van der Waals surface area (Å²) in [5.41, 5.74) is 3.88. The van der Waals surface area contributed by atoms with E-state index >= 15 is 0 Å². The summed E-state index contributed by atoms with van der Waals surface area (Å²) in [5, 5.41) is 0. The Morgan fingerprint density at radius 1 is 1.00 bits per heavy atom. The van der Waals surface area contributed by atoms with Gasteiger partial charge >= 0.3 is 0 Å². The van der Waals surface area contributed by atoms with Crippen LogP contribution < -0.4 is 0 Å². The van der Waals surface area contributed by atoms with Crippen LogP contribution in [0.15, 0.2) is 0 Å². The van der Waals surface area contributed by atoms with E-state index in [-0.39, 0.29) is 0 Å². The normalized spacial score (nSPS) is 17.4. The van der Waals surface area contributed by atoms with Crippen LogP contribution in [0.25, 0.3) is 0 Å². The Morgan fingerprint density at radius 3 is 2.29 bits per heavy atom. The van der Waals surface area contributed by atoms with Crippen LogP contribution >= 0.6 is 0 Å². The Hall–Kier alpha value is -0.920. The van der Waals surface area contributed by atoms with E-state index in [4.69, 9.17) is 0 Å². The Labute approximate surface area is 105 Å². The van der Waals surface area contributed by atoms with Crippen molar-refractivity contribution < 1.29 is 0 Å². The van der Waals surface area contributed by atoms with Crippen LogP contribution in [0, 0.1) is 19.8 Å². The highest BCUT2D eigenvalue weighted by molar-refractivity contribution is 5.25. The fraction of sp³-hybridized carbons (Fsp3) is 0.733. The molecule has 0 bridgehead atoms. The van der Waals surface area contributed by atoms with Crippen molar-refractivity contribution in [3.8, 4) is 0 Å². The van der Waals surface area contributed by atoms with Crippen molar-refractivity contribution in [1.29, 1.82) is 0 Å². The zero-order chi connectivity index (χ0) is 12.3. The molecule has 1 aromatic rings. The fourth-order valence-electron chi connectivity index (χ4n) is 2.96. The summed E-state index contributed by atoms with van der Waals surface area (Å²) in [6.45, 7) is 6.39. The van der Waals surface area contributed by atoms with Crippen LogP contribution in [-0.2, 0) is 12.8 Å². The van der Waals surface area contributed by atoms with Gasteiger partial charge in [0, 0.05) is 11.4 Å². The second kappa shape index (κ2) is 5.61. The van der Waals surface area contributed by atoms with Crippen molar-refractivity contribution in [2.75, 3.05) is 0 Å². The molecule has 1 fully saturated rings. The maximum Gasteiger partial charge on any atom is 0.125 e.